The molecular formula is C7H11O2S. The van der Waals surface area contributed by atoms with Gasteiger partial charge >= 0.3 is 0 Å². The van der Waals surface area contributed by atoms with Crippen molar-refractivity contribution in [2.24, 2.45) is 0 Å². The van der Waals surface area contributed by atoms with E-state index in [0.717, 1.165) is 13.0 Å². The first kappa shape index (κ1) is 8.08. The second-order valence-corrected chi connectivity index (χ2v) is 3.40. The molecule has 1 radical (unpaired) electrons. The number of rotatable bonds is 3. The number of hydrogen-bond acceptors (Lipinski definition) is 3. The van der Waals surface area contributed by atoms with Gasteiger partial charge in [-0.05, 0) is 19.3 Å². The fraction of sp³-hybridized carbons (Fsp3) is 0.857. The molecule has 0 bridgehead atoms. The molecule has 1 heterocycles. The summed E-state index contributed by atoms with van der Waals surface area (Å²) in [5.74, 6) is 0.449. The van der Waals surface area contributed by atoms with Crippen LogP contribution in [-0.4, -0.2) is 24.1 Å². The second kappa shape index (κ2) is 4.74. The summed E-state index contributed by atoms with van der Waals surface area (Å²) in [4.78, 5) is 9.85. The van der Waals surface area contributed by atoms with Crippen molar-refractivity contribution in [3.63, 3.8) is 0 Å². The normalized spacial score (nSPS) is 26.2. The first-order valence-electron chi connectivity index (χ1n) is 3.51. The van der Waals surface area contributed by atoms with Crippen LogP contribution in [0.4, 0.5) is 0 Å². The van der Waals surface area contributed by atoms with Crippen molar-refractivity contribution in [3.8, 4) is 0 Å². The van der Waals surface area contributed by atoms with Crippen LogP contribution >= 0.6 is 11.8 Å². The molecule has 2 nitrogen and oxygen atoms in total. The maximum Gasteiger partial charge on any atom is 0.209 e. The average molecular weight is 159 g/mol. The van der Waals surface area contributed by atoms with Crippen LogP contribution in [0, 0.1) is 0 Å². The zero-order chi connectivity index (χ0) is 7.23. The maximum atomic E-state index is 9.85. The maximum absolute atomic E-state index is 9.85. The molecule has 0 N–H and O–H groups in total. The van der Waals surface area contributed by atoms with Crippen molar-refractivity contribution in [3.05, 3.63) is 0 Å². The SMILES string of the molecule is O=[C]CS[C@H]1CCCCO1. The molecule has 0 aliphatic carbocycles. The zero-order valence-electron chi connectivity index (χ0n) is 5.84. The predicted molar refractivity (Wildman–Crippen MR) is 41.7 cm³/mol. The summed E-state index contributed by atoms with van der Waals surface area (Å²) in [5.41, 5.74) is 0.259. The van der Waals surface area contributed by atoms with Gasteiger partial charge in [0.15, 0.2) is 0 Å². The van der Waals surface area contributed by atoms with Gasteiger partial charge < -0.3 is 4.74 Å². The Morgan fingerprint density at radius 1 is 1.60 bits per heavy atom. The highest BCUT2D eigenvalue weighted by atomic mass is 32.2. The van der Waals surface area contributed by atoms with Gasteiger partial charge in [-0.15, -0.1) is 11.8 Å². The van der Waals surface area contributed by atoms with Crippen LogP contribution in [0.1, 0.15) is 19.3 Å². The highest BCUT2D eigenvalue weighted by molar-refractivity contribution is 8.00. The minimum atomic E-state index is 0.259. The molecule has 1 fully saturated rings. The Balaban J connectivity index is 2.07. The van der Waals surface area contributed by atoms with Gasteiger partial charge in [0, 0.05) is 6.61 Å². The summed E-state index contributed by atoms with van der Waals surface area (Å²) in [6, 6.07) is 0. The van der Waals surface area contributed by atoms with Gasteiger partial charge in [0.25, 0.3) is 0 Å². The molecule has 0 amide bonds. The summed E-state index contributed by atoms with van der Waals surface area (Å²) in [6.45, 7) is 0.858. The summed E-state index contributed by atoms with van der Waals surface area (Å²) in [5, 5.41) is 0. The molecule has 1 saturated heterocycles. The monoisotopic (exact) mass is 159 g/mol. The number of carbonyl (C=O) groups excluding carboxylic acids is 1. The summed E-state index contributed by atoms with van der Waals surface area (Å²) in [6.07, 6.45) is 5.34. The number of thioether (sulfide) groups is 1. The summed E-state index contributed by atoms with van der Waals surface area (Å²) >= 11 is 1.55. The molecule has 0 aromatic heterocycles. The quantitative estimate of drug-likeness (QED) is 0.622. The molecule has 1 rings (SSSR count). The first-order valence-corrected chi connectivity index (χ1v) is 4.56. The molecule has 1 atom stereocenters. The fourth-order valence-corrected chi connectivity index (χ4v) is 1.75. The van der Waals surface area contributed by atoms with Crippen LogP contribution in [0.3, 0.4) is 0 Å². The lowest BCUT2D eigenvalue weighted by Gasteiger charge is -2.20. The van der Waals surface area contributed by atoms with Gasteiger partial charge in [0.1, 0.15) is 5.44 Å². The van der Waals surface area contributed by atoms with Crippen LogP contribution in [-0.2, 0) is 9.53 Å². The molecule has 0 unspecified atom stereocenters. The smallest absolute Gasteiger partial charge is 0.209 e. The van der Waals surface area contributed by atoms with E-state index in [9.17, 15) is 4.79 Å². The molecule has 1 aliphatic rings. The average Bonchev–Trinajstić information content (AvgIpc) is 2.03. The van der Waals surface area contributed by atoms with Crippen LogP contribution < -0.4 is 0 Å². The van der Waals surface area contributed by atoms with Gasteiger partial charge in [-0.2, -0.15) is 0 Å². The molecule has 0 aromatic rings. The molecular weight excluding hydrogens is 148 g/mol. The summed E-state index contributed by atoms with van der Waals surface area (Å²) in [7, 11) is 0. The standard InChI is InChI=1S/C7H11O2S/c8-4-6-10-7-3-1-2-5-9-7/h7H,1-3,5-6H2/t7-/m0/s1. The van der Waals surface area contributed by atoms with Gasteiger partial charge in [-0.1, -0.05) is 0 Å². The van der Waals surface area contributed by atoms with Crippen molar-refractivity contribution < 1.29 is 9.53 Å². The zero-order valence-corrected chi connectivity index (χ0v) is 6.65. The first-order chi connectivity index (χ1) is 4.93. The van der Waals surface area contributed by atoms with Gasteiger partial charge in [0.2, 0.25) is 6.29 Å². The van der Waals surface area contributed by atoms with Crippen molar-refractivity contribution >= 4 is 18.0 Å². The van der Waals surface area contributed by atoms with Crippen LogP contribution in [0.5, 0.6) is 0 Å². The Labute approximate surface area is 65.3 Å². The van der Waals surface area contributed by atoms with E-state index in [4.69, 9.17) is 4.74 Å². The van der Waals surface area contributed by atoms with E-state index in [1.54, 1.807) is 11.8 Å². The van der Waals surface area contributed by atoms with Gasteiger partial charge in [-0.25, -0.2) is 0 Å². The molecule has 1 aliphatic heterocycles. The van der Waals surface area contributed by atoms with E-state index in [1.165, 1.54) is 12.8 Å². The van der Waals surface area contributed by atoms with Gasteiger partial charge in [0.05, 0.1) is 5.75 Å². The van der Waals surface area contributed by atoms with E-state index < -0.39 is 0 Å². The largest absolute Gasteiger partial charge is 0.368 e. The number of hydrogen-bond donors (Lipinski definition) is 0. The third kappa shape index (κ3) is 2.71. The Morgan fingerprint density at radius 2 is 2.50 bits per heavy atom. The van der Waals surface area contributed by atoms with E-state index in [-0.39, 0.29) is 5.44 Å². The van der Waals surface area contributed by atoms with Crippen molar-refractivity contribution in [2.75, 3.05) is 12.4 Å². The lowest BCUT2D eigenvalue weighted by molar-refractivity contribution is 0.0730. The second-order valence-electron chi connectivity index (χ2n) is 2.25. The van der Waals surface area contributed by atoms with Gasteiger partial charge in [-0.3, -0.25) is 4.79 Å². The van der Waals surface area contributed by atoms with E-state index in [1.807, 2.05) is 6.29 Å². The van der Waals surface area contributed by atoms with Crippen molar-refractivity contribution in [2.45, 2.75) is 24.7 Å². The Kier molecular flexibility index (Phi) is 3.83. The number of ether oxygens (including phenoxy) is 1. The molecule has 3 heteroatoms. The Morgan fingerprint density at radius 3 is 3.10 bits per heavy atom. The highest BCUT2D eigenvalue weighted by Crippen LogP contribution is 2.22. The minimum absolute atomic E-state index is 0.259. The van der Waals surface area contributed by atoms with Crippen molar-refractivity contribution in [1.82, 2.24) is 0 Å². The van der Waals surface area contributed by atoms with E-state index in [0.29, 0.717) is 5.75 Å². The lowest BCUT2D eigenvalue weighted by atomic mass is 10.2. The fourth-order valence-electron chi connectivity index (χ4n) is 0.970. The third-order valence-electron chi connectivity index (χ3n) is 1.47. The molecule has 0 spiro atoms. The molecule has 0 saturated carbocycles. The minimum Gasteiger partial charge on any atom is -0.368 e. The Hall–Kier alpha value is -0.0200. The van der Waals surface area contributed by atoms with Crippen LogP contribution in [0.2, 0.25) is 0 Å². The predicted octanol–water partition coefficient (Wildman–Crippen LogP) is 1.36. The topological polar surface area (TPSA) is 26.3 Å². The molecule has 0 aromatic carbocycles. The van der Waals surface area contributed by atoms with E-state index >= 15 is 0 Å². The molecule has 57 valence electrons. The van der Waals surface area contributed by atoms with Crippen LogP contribution in [0.15, 0.2) is 0 Å². The van der Waals surface area contributed by atoms with Crippen molar-refractivity contribution in [1.29, 1.82) is 0 Å². The van der Waals surface area contributed by atoms with E-state index in [2.05, 4.69) is 0 Å². The molecule has 10 heavy (non-hydrogen) atoms. The third-order valence-corrected chi connectivity index (χ3v) is 2.49. The lowest BCUT2D eigenvalue weighted by Crippen LogP contribution is -2.15. The van der Waals surface area contributed by atoms with Crippen LogP contribution in [0.25, 0.3) is 0 Å². The highest BCUT2D eigenvalue weighted by Gasteiger charge is 2.12. The Bertz CT molecular complexity index is 99.8. The summed E-state index contributed by atoms with van der Waals surface area (Å²) < 4.78 is 5.36.